The Morgan fingerprint density at radius 3 is 3.12 bits per heavy atom. The van der Waals surface area contributed by atoms with Gasteiger partial charge in [0.25, 0.3) is 0 Å². The van der Waals surface area contributed by atoms with Gasteiger partial charge < -0.3 is 10.4 Å². The first-order chi connectivity index (χ1) is 8.11. The van der Waals surface area contributed by atoms with Gasteiger partial charge in [-0.05, 0) is 24.8 Å². The third kappa shape index (κ3) is 2.88. The smallest absolute Gasteiger partial charge is 0.337 e. The van der Waals surface area contributed by atoms with E-state index in [1.165, 1.54) is 25.1 Å². The molecule has 1 aromatic heterocycles. The van der Waals surface area contributed by atoms with E-state index in [9.17, 15) is 4.79 Å². The Bertz CT molecular complexity index is 437. The van der Waals surface area contributed by atoms with Crippen LogP contribution in [0.15, 0.2) is 12.3 Å². The number of hydrogen-bond donors (Lipinski definition) is 2. The number of nitrogens with zero attached hydrogens (tertiary/aromatic N) is 1. The molecule has 17 heavy (non-hydrogen) atoms. The SMILES string of the molecule is CCCC1CC1Nc1cc(C(=O)O)c(Cl)cn1. The standard InChI is InChI=1S/C12H15ClN2O2/c1-2-3-7-4-10(7)15-11-5-8(12(16)17)9(13)6-14-11/h5-7,10H,2-4H2,1H3,(H,14,15)(H,16,17). The molecule has 5 heteroatoms. The molecule has 2 atom stereocenters. The van der Waals surface area contributed by atoms with Crippen molar-refractivity contribution < 1.29 is 9.90 Å². The number of hydrogen-bond acceptors (Lipinski definition) is 3. The molecule has 1 fully saturated rings. The van der Waals surface area contributed by atoms with Gasteiger partial charge in [-0.2, -0.15) is 0 Å². The zero-order valence-electron chi connectivity index (χ0n) is 9.61. The number of aromatic carboxylic acids is 1. The van der Waals surface area contributed by atoms with Gasteiger partial charge in [-0.1, -0.05) is 24.9 Å². The molecule has 0 saturated heterocycles. The van der Waals surface area contributed by atoms with Gasteiger partial charge in [0.05, 0.1) is 10.6 Å². The first-order valence-corrected chi connectivity index (χ1v) is 6.15. The minimum Gasteiger partial charge on any atom is -0.478 e. The fourth-order valence-electron chi connectivity index (χ4n) is 1.99. The van der Waals surface area contributed by atoms with Crippen LogP contribution in [0, 0.1) is 5.92 Å². The number of carbonyl (C=O) groups is 1. The first-order valence-electron chi connectivity index (χ1n) is 5.77. The summed E-state index contributed by atoms with van der Waals surface area (Å²) in [6, 6.07) is 1.93. The summed E-state index contributed by atoms with van der Waals surface area (Å²) in [5.74, 6) is 0.266. The van der Waals surface area contributed by atoms with Crippen molar-refractivity contribution in [2.75, 3.05) is 5.32 Å². The predicted molar refractivity (Wildman–Crippen MR) is 66.6 cm³/mol. The summed E-state index contributed by atoms with van der Waals surface area (Å²) in [4.78, 5) is 15.0. The maximum absolute atomic E-state index is 10.9. The highest BCUT2D eigenvalue weighted by molar-refractivity contribution is 6.33. The first kappa shape index (κ1) is 12.2. The van der Waals surface area contributed by atoms with Crippen molar-refractivity contribution in [1.29, 1.82) is 0 Å². The van der Waals surface area contributed by atoms with Crippen molar-refractivity contribution in [3.8, 4) is 0 Å². The van der Waals surface area contributed by atoms with Crippen LogP contribution < -0.4 is 5.32 Å². The minimum atomic E-state index is -1.03. The zero-order valence-corrected chi connectivity index (χ0v) is 10.4. The van der Waals surface area contributed by atoms with E-state index in [1.54, 1.807) is 0 Å². The van der Waals surface area contributed by atoms with E-state index in [-0.39, 0.29) is 10.6 Å². The molecule has 0 spiro atoms. The van der Waals surface area contributed by atoms with Crippen molar-refractivity contribution in [2.45, 2.75) is 32.2 Å². The molecule has 92 valence electrons. The molecule has 0 amide bonds. The Balaban J connectivity index is 2.03. The van der Waals surface area contributed by atoms with Crippen LogP contribution in [0.1, 0.15) is 36.5 Å². The highest BCUT2D eigenvalue weighted by Crippen LogP contribution is 2.37. The average Bonchev–Trinajstić information content (AvgIpc) is 2.99. The number of carboxylic acid groups (broad SMARTS) is 1. The Hall–Kier alpha value is -1.29. The van der Waals surface area contributed by atoms with E-state index < -0.39 is 5.97 Å². The van der Waals surface area contributed by atoms with E-state index in [0.29, 0.717) is 17.8 Å². The van der Waals surface area contributed by atoms with Crippen LogP contribution in [-0.4, -0.2) is 22.1 Å². The topological polar surface area (TPSA) is 62.2 Å². The van der Waals surface area contributed by atoms with E-state index >= 15 is 0 Å². The highest BCUT2D eigenvalue weighted by atomic mass is 35.5. The normalized spacial score (nSPS) is 22.2. The Labute approximate surface area is 105 Å². The molecule has 0 radical (unpaired) electrons. The van der Waals surface area contributed by atoms with Crippen molar-refractivity contribution in [1.82, 2.24) is 4.98 Å². The molecule has 0 aliphatic heterocycles. The quantitative estimate of drug-likeness (QED) is 0.848. The van der Waals surface area contributed by atoms with Crippen molar-refractivity contribution in [3.05, 3.63) is 22.8 Å². The molecule has 4 nitrogen and oxygen atoms in total. The summed E-state index contributed by atoms with van der Waals surface area (Å²) in [6.45, 7) is 2.17. The Kier molecular flexibility index (Phi) is 3.52. The van der Waals surface area contributed by atoms with Crippen LogP contribution in [-0.2, 0) is 0 Å². The Morgan fingerprint density at radius 2 is 2.47 bits per heavy atom. The molecule has 1 heterocycles. The predicted octanol–water partition coefficient (Wildman–Crippen LogP) is 3.03. The second-order valence-corrected chi connectivity index (χ2v) is 4.80. The summed E-state index contributed by atoms with van der Waals surface area (Å²) in [5, 5.41) is 12.3. The van der Waals surface area contributed by atoms with E-state index in [2.05, 4.69) is 17.2 Å². The number of halogens is 1. The second kappa shape index (κ2) is 4.92. The molecule has 2 N–H and O–H groups in total. The molecule has 1 aromatic rings. The molecule has 1 aliphatic carbocycles. The number of nitrogens with one attached hydrogen (secondary N) is 1. The van der Waals surface area contributed by atoms with Gasteiger partial charge in [0.1, 0.15) is 5.82 Å². The maximum Gasteiger partial charge on any atom is 0.337 e. The molecule has 1 aliphatic rings. The maximum atomic E-state index is 10.9. The van der Waals surface area contributed by atoms with Gasteiger partial charge in [-0.3, -0.25) is 0 Å². The van der Waals surface area contributed by atoms with Crippen molar-refractivity contribution in [3.63, 3.8) is 0 Å². The lowest BCUT2D eigenvalue weighted by atomic mass is 10.2. The van der Waals surface area contributed by atoms with Crippen LogP contribution in [0.5, 0.6) is 0 Å². The van der Waals surface area contributed by atoms with Crippen LogP contribution >= 0.6 is 11.6 Å². The fraction of sp³-hybridized carbons (Fsp3) is 0.500. The van der Waals surface area contributed by atoms with Crippen molar-refractivity contribution in [2.24, 2.45) is 5.92 Å². The van der Waals surface area contributed by atoms with Crippen LogP contribution in [0.2, 0.25) is 5.02 Å². The van der Waals surface area contributed by atoms with Gasteiger partial charge in [0.2, 0.25) is 0 Å². The summed E-state index contributed by atoms with van der Waals surface area (Å²) in [7, 11) is 0. The van der Waals surface area contributed by atoms with Gasteiger partial charge in [-0.15, -0.1) is 0 Å². The third-order valence-electron chi connectivity index (χ3n) is 3.00. The van der Waals surface area contributed by atoms with Crippen molar-refractivity contribution >= 4 is 23.4 Å². The fourth-order valence-corrected chi connectivity index (χ4v) is 2.17. The molecular formula is C12H15ClN2O2. The van der Waals surface area contributed by atoms with E-state index in [0.717, 1.165) is 6.42 Å². The molecule has 0 bridgehead atoms. The summed E-state index contributed by atoms with van der Waals surface area (Å²) < 4.78 is 0. The Morgan fingerprint density at radius 1 is 1.71 bits per heavy atom. The van der Waals surface area contributed by atoms with Gasteiger partial charge in [0.15, 0.2) is 0 Å². The minimum absolute atomic E-state index is 0.0943. The van der Waals surface area contributed by atoms with E-state index in [4.69, 9.17) is 16.7 Å². The number of pyridine rings is 1. The van der Waals surface area contributed by atoms with Gasteiger partial charge >= 0.3 is 5.97 Å². The molecule has 2 rings (SSSR count). The summed E-state index contributed by atoms with van der Waals surface area (Å²) >= 11 is 5.75. The number of anilines is 1. The highest BCUT2D eigenvalue weighted by Gasteiger charge is 2.36. The van der Waals surface area contributed by atoms with Gasteiger partial charge in [0, 0.05) is 12.2 Å². The zero-order chi connectivity index (χ0) is 12.4. The van der Waals surface area contributed by atoms with E-state index in [1.807, 2.05) is 0 Å². The molecule has 1 saturated carbocycles. The summed E-state index contributed by atoms with van der Waals surface area (Å²) in [5.41, 5.74) is 0.0943. The number of rotatable bonds is 5. The van der Waals surface area contributed by atoms with Crippen LogP contribution in [0.4, 0.5) is 5.82 Å². The number of carboxylic acids is 1. The second-order valence-electron chi connectivity index (χ2n) is 4.39. The molecular weight excluding hydrogens is 240 g/mol. The van der Waals surface area contributed by atoms with Crippen LogP contribution in [0.3, 0.4) is 0 Å². The monoisotopic (exact) mass is 254 g/mol. The molecule has 0 aromatic carbocycles. The summed E-state index contributed by atoms with van der Waals surface area (Å²) in [6.07, 6.45) is 4.90. The molecule has 2 unspecified atom stereocenters. The largest absolute Gasteiger partial charge is 0.478 e. The van der Waals surface area contributed by atoms with Crippen LogP contribution in [0.25, 0.3) is 0 Å². The lowest BCUT2D eigenvalue weighted by Gasteiger charge is -2.06. The third-order valence-corrected chi connectivity index (χ3v) is 3.30. The van der Waals surface area contributed by atoms with Gasteiger partial charge in [-0.25, -0.2) is 9.78 Å². The number of aromatic nitrogens is 1. The lowest BCUT2D eigenvalue weighted by molar-refractivity contribution is 0.0697. The average molecular weight is 255 g/mol. The lowest BCUT2D eigenvalue weighted by Crippen LogP contribution is -2.08.